The summed E-state index contributed by atoms with van der Waals surface area (Å²) >= 11 is 0. The molecule has 0 unspecified atom stereocenters. The van der Waals surface area contributed by atoms with Crippen molar-refractivity contribution in [3.63, 3.8) is 0 Å². The lowest BCUT2D eigenvalue weighted by Crippen LogP contribution is -2.55. The van der Waals surface area contributed by atoms with Crippen molar-refractivity contribution in [3.05, 3.63) is 29.8 Å². The maximum absolute atomic E-state index is 11.7. The Hall–Kier alpha value is -2.57. The number of benzene rings is 1. The standard InChI is InChI=1S/C22H33NO6/c1-5-6-7-14-27-21-10-8-20(9-11-21)12-13-22(23-17(2)24,15-28-18(3)25)16-29-19(4)26/h8-11H,5-7,12-16H2,1-4H3,(H,23,24). The van der Waals surface area contributed by atoms with E-state index in [2.05, 4.69) is 12.2 Å². The third kappa shape index (κ3) is 10.5. The molecule has 162 valence electrons. The molecule has 29 heavy (non-hydrogen) atoms. The number of esters is 2. The Labute approximate surface area is 173 Å². The molecular weight excluding hydrogens is 374 g/mol. The van der Waals surface area contributed by atoms with Gasteiger partial charge in [-0.1, -0.05) is 31.9 Å². The third-order valence-electron chi connectivity index (χ3n) is 4.38. The maximum atomic E-state index is 11.7. The van der Waals surface area contributed by atoms with Gasteiger partial charge in [-0.05, 0) is 37.0 Å². The molecule has 0 aliphatic carbocycles. The second-order valence-electron chi connectivity index (χ2n) is 7.22. The quantitative estimate of drug-likeness (QED) is 0.399. The number of hydrogen-bond donors (Lipinski definition) is 1. The highest BCUT2D eigenvalue weighted by Crippen LogP contribution is 2.20. The van der Waals surface area contributed by atoms with Crippen molar-refractivity contribution >= 4 is 17.8 Å². The topological polar surface area (TPSA) is 90.9 Å². The zero-order valence-corrected chi connectivity index (χ0v) is 17.9. The molecule has 0 radical (unpaired) electrons. The summed E-state index contributed by atoms with van der Waals surface area (Å²) in [7, 11) is 0. The molecular formula is C22H33NO6. The minimum atomic E-state index is -0.988. The van der Waals surface area contributed by atoms with Crippen molar-refractivity contribution in [2.75, 3.05) is 19.8 Å². The van der Waals surface area contributed by atoms with E-state index in [0.717, 1.165) is 30.6 Å². The minimum Gasteiger partial charge on any atom is -0.494 e. The summed E-state index contributed by atoms with van der Waals surface area (Å²) < 4.78 is 16.0. The Balaban J connectivity index is 2.78. The van der Waals surface area contributed by atoms with Gasteiger partial charge in [0.25, 0.3) is 0 Å². The molecule has 7 nitrogen and oxygen atoms in total. The van der Waals surface area contributed by atoms with Crippen LogP contribution in [0.5, 0.6) is 5.75 Å². The summed E-state index contributed by atoms with van der Waals surface area (Å²) in [5.74, 6) is -0.405. The van der Waals surface area contributed by atoms with Gasteiger partial charge < -0.3 is 19.5 Å². The zero-order valence-electron chi connectivity index (χ0n) is 17.9. The number of nitrogens with one attached hydrogen (secondary N) is 1. The highest BCUT2D eigenvalue weighted by Gasteiger charge is 2.34. The van der Waals surface area contributed by atoms with Gasteiger partial charge in [0.2, 0.25) is 5.91 Å². The van der Waals surface area contributed by atoms with Crippen LogP contribution < -0.4 is 10.1 Å². The van der Waals surface area contributed by atoms with E-state index in [0.29, 0.717) is 19.4 Å². The molecule has 1 rings (SSSR count). The fraction of sp³-hybridized carbons (Fsp3) is 0.591. The first-order valence-corrected chi connectivity index (χ1v) is 10.0. The van der Waals surface area contributed by atoms with Crippen LogP contribution in [-0.2, 0) is 30.3 Å². The summed E-state index contributed by atoms with van der Waals surface area (Å²) in [6.07, 6.45) is 4.36. The van der Waals surface area contributed by atoms with Crippen molar-refractivity contribution in [1.29, 1.82) is 0 Å². The van der Waals surface area contributed by atoms with E-state index in [1.165, 1.54) is 20.8 Å². The molecule has 0 atom stereocenters. The molecule has 0 aromatic heterocycles. The fourth-order valence-corrected chi connectivity index (χ4v) is 2.85. The van der Waals surface area contributed by atoms with Gasteiger partial charge in [0.05, 0.1) is 6.61 Å². The van der Waals surface area contributed by atoms with Crippen LogP contribution in [0.25, 0.3) is 0 Å². The second-order valence-corrected chi connectivity index (χ2v) is 7.22. The lowest BCUT2D eigenvalue weighted by molar-refractivity contribution is -0.150. The minimum absolute atomic E-state index is 0.0756. The molecule has 0 saturated heterocycles. The van der Waals surface area contributed by atoms with E-state index in [1.54, 1.807) is 0 Å². The van der Waals surface area contributed by atoms with E-state index < -0.39 is 17.5 Å². The summed E-state index contributed by atoms with van der Waals surface area (Å²) in [6, 6.07) is 7.76. The first-order valence-electron chi connectivity index (χ1n) is 10.0. The number of ether oxygens (including phenoxy) is 3. The van der Waals surface area contributed by atoms with Crippen molar-refractivity contribution in [2.24, 2.45) is 0 Å². The summed E-state index contributed by atoms with van der Waals surface area (Å²) in [5, 5.41) is 2.81. The van der Waals surface area contributed by atoms with Crippen molar-refractivity contribution in [3.8, 4) is 5.75 Å². The molecule has 0 fully saturated rings. The molecule has 0 spiro atoms. The third-order valence-corrected chi connectivity index (χ3v) is 4.38. The lowest BCUT2D eigenvalue weighted by Gasteiger charge is -2.33. The predicted molar refractivity (Wildman–Crippen MR) is 110 cm³/mol. The van der Waals surface area contributed by atoms with Crippen LogP contribution in [-0.4, -0.2) is 43.2 Å². The summed E-state index contributed by atoms with van der Waals surface area (Å²) in [4.78, 5) is 34.3. The van der Waals surface area contributed by atoms with Crippen molar-refractivity contribution < 1.29 is 28.6 Å². The average Bonchev–Trinajstić information content (AvgIpc) is 2.67. The number of rotatable bonds is 13. The summed E-state index contributed by atoms with van der Waals surface area (Å²) in [6.45, 7) is 6.66. The molecule has 0 aliphatic heterocycles. The molecule has 1 aromatic rings. The number of carbonyl (C=O) groups excluding carboxylic acids is 3. The van der Waals surface area contributed by atoms with Crippen molar-refractivity contribution in [2.45, 2.75) is 65.3 Å². The van der Waals surface area contributed by atoms with E-state index in [1.807, 2.05) is 24.3 Å². The second kappa shape index (κ2) is 12.8. The van der Waals surface area contributed by atoms with Crippen LogP contribution in [0.15, 0.2) is 24.3 Å². The van der Waals surface area contributed by atoms with E-state index in [-0.39, 0.29) is 19.1 Å². The molecule has 0 aliphatic rings. The highest BCUT2D eigenvalue weighted by molar-refractivity contribution is 5.74. The van der Waals surface area contributed by atoms with Gasteiger partial charge in [0.1, 0.15) is 24.5 Å². The fourth-order valence-electron chi connectivity index (χ4n) is 2.85. The van der Waals surface area contributed by atoms with Gasteiger partial charge >= 0.3 is 11.9 Å². The van der Waals surface area contributed by atoms with Crippen molar-refractivity contribution in [1.82, 2.24) is 5.32 Å². The van der Waals surface area contributed by atoms with Crippen LogP contribution in [0.3, 0.4) is 0 Å². The molecule has 0 heterocycles. The van der Waals surface area contributed by atoms with Crippen LogP contribution >= 0.6 is 0 Å². The maximum Gasteiger partial charge on any atom is 0.302 e. The van der Waals surface area contributed by atoms with Gasteiger partial charge in [-0.15, -0.1) is 0 Å². The Morgan fingerprint density at radius 2 is 1.52 bits per heavy atom. The van der Waals surface area contributed by atoms with Gasteiger partial charge in [-0.2, -0.15) is 0 Å². The number of hydrogen-bond acceptors (Lipinski definition) is 6. The van der Waals surface area contributed by atoms with Gasteiger partial charge in [-0.3, -0.25) is 14.4 Å². The van der Waals surface area contributed by atoms with Gasteiger partial charge in [0.15, 0.2) is 0 Å². The lowest BCUT2D eigenvalue weighted by atomic mass is 9.92. The Morgan fingerprint density at radius 3 is 2.00 bits per heavy atom. The Morgan fingerprint density at radius 1 is 0.931 bits per heavy atom. The number of amides is 1. The van der Waals surface area contributed by atoms with Crippen LogP contribution in [0.2, 0.25) is 0 Å². The normalized spacial score (nSPS) is 10.9. The predicted octanol–water partition coefficient (Wildman–Crippen LogP) is 3.19. The summed E-state index contributed by atoms with van der Waals surface area (Å²) in [5.41, 5.74) is 0.0460. The van der Waals surface area contributed by atoms with Crippen LogP contribution in [0.4, 0.5) is 0 Å². The van der Waals surface area contributed by atoms with E-state index in [9.17, 15) is 14.4 Å². The number of aryl methyl sites for hydroxylation is 1. The van der Waals surface area contributed by atoms with Crippen LogP contribution in [0.1, 0.15) is 58.9 Å². The molecule has 1 aromatic carbocycles. The van der Waals surface area contributed by atoms with E-state index >= 15 is 0 Å². The zero-order chi connectivity index (χ0) is 21.7. The number of carbonyl (C=O) groups is 3. The first-order chi connectivity index (χ1) is 13.8. The van der Waals surface area contributed by atoms with Gasteiger partial charge in [0, 0.05) is 20.8 Å². The Bertz CT molecular complexity index is 638. The molecule has 7 heteroatoms. The SMILES string of the molecule is CCCCCOc1ccc(CCC(COC(C)=O)(COC(C)=O)NC(C)=O)cc1. The van der Waals surface area contributed by atoms with E-state index in [4.69, 9.17) is 14.2 Å². The highest BCUT2D eigenvalue weighted by atomic mass is 16.5. The molecule has 1 N–H and O–H groups in total. The average molecular weight is 408 g/mol. The first kappa shape index (κ1) is 24.5. The monoisotopic (exact) mass is 407 g/mol. The molecule has 1 amide bonds. The smallest absolute Gasteiger partial charge is 0.302 e. The van der Waals surface area contributed by atoms with Gasteiger partial charge in [-0.25, -0.2) is 0 Å². The number of unbranched alkanes of at least 4 members (excludes halogenated alkanes) is 2. The molecule has 0 bridgehead atoms. The molecule has 0 saturated carbocycles. The van der Waals surface area contributed by atoms with Crippen LogP contribution in [0, 0.1) is 0 Å². The largest absolute Gasteiger partial charge is 0.494 e. The Kier molecular flexibility index (Phi) is 10.8.